The van der Waals surface area contributed by atoms with Crippen LogP contribution in [-0.4, -0.2) is 33.7 Å². The summed E-state index contributed by atoms with van der Waals surface area (Å²) in [6.45, 7) is 1.88. The molecule has 0 N–H and O–H groups in total. The molecule has 1 aromatic rings. The largest absolute Gasteiger partial charge is 0.338 e. The molecule has 18 heavy (non-hydrogen) atoms. The number of nitrogens with zero attached hydrogens (tertiary/aromatic N) is 3. The van der Waals surface area contributed by atoms with Crippen molar-refractivity contribution in [2.24, 2.45) is 18.9 Å². The molecule has 4 nitrogen and oxygen atoms in total. The molecule has 2 heterocycles. The highest BCUT2D eigenvalue weighted by atomic mass is 16.2. The minimum Gasteiger partial charge on any atom is -0.338 e. The SMILES string of the molecule is Cn1cc(C(=O)N2CC[C@@H]3CCCC[C@H]3C2)cn1. The molecule has 0 radical (unpaired) electrons. The molecule has 1 aliphatic carbocycles. The smallest absolute Gasteiger partial charge is 0.257 e. The van der Waals surface area contributed by atoms with Gasteiger partial charge in [0, 0.05) is 26.3 Å². The molecule has 1 amide bonds. The fourth-order valence-corrected chi connectivity index (χ4v) is 3.50. The standard InChI is InChI=1S/C14H21N3O/c1-16-9-13(8-15-16)14(18)17-7-6-11-4-2-3-5-12(11)10-17/h8-9,11-12H,2-7,10H2,1H3/t11-,12-/m0/s1. The predicted octanol–water partition coefficient (Wildman–Crippen LogP) is 2.07. The molecule has 2 fully saturated rings. The van der Waals surface area contributed by atoms with Gasteiger partial charge in [-0.3, -0.25) is 9.48 Å². The molecular weight excluding hydrogens is 226 g/mol. The van der Waals surface area contributed by atoms with Crippen LogP contribution < -0.4 is 0 Å². The number of rotatable bonds is 1. The molecule has 1 saturated heterocycles. The second-order valence-corrected chi connectivity index (χ2v) is 5.75. The van der Waals surface area contributed by atoms with Crippen LogP contribution in [0.1, 0.15) is 42.5 Å². The van der Waals surface area contributed by atoms with Crippen molar-refractivity contribution in [2.75, 3.05) is 13.1 Å². The quantitative estimate of drug-likeness (QED) is 0.762. The first-order valence-electron chi connectivity index (χ1n) is 7.02. The fraction of sp³-hybridized carbons (Fsp3) is 0.714. The first kappa shape index (κ1) is 11.8. The van der Waals surface area contributed by atoms with E-state index in [0.29, 0.717) is 0 Å². The lowest BCUT2D eigenvalue weighted by Gasteiger charge is -2.41. The van der Waals surface area contributed by atoms with Crippen LogP contribution >= 0.6 is 0 Å². The molecule has 1 aliphatic heterocycles. The Morgan fingerprint density at radius 2 is 2.06 bits per heavy atom. The number of hydrogen-bond donors (Lipinski definition) is 0. The third-order valence-electron chi connectivity index (χ3n) is 4.53. The topological polar surface area (TPSA) is 38.1 Å². The normalized spacial score (nSPS) is 27.9. The van der Waals surface area contributed by atoms with Crippen molar-refractivity contribution in [3.05, 3.63) is 18.0 Å². The number of carbonyl (C=O) groups excluding carboxylic acids is 1. The van der Waals surface area contributed by atoms with Gasteiger partial charge in [0.05, 0.1) is 11.8 Å². The van der Waals surface area contributed by atoms with Crippen molar-refractivity contribution in [1.82, 2.24) is 14.7 Å². The maximum absolute atomic E-state index is 12.4. The van der Waals surface area contributed by atoms with E-state index in [1.807, 2.05) is 18.1 Å². The molecule has 2 aliphatic rings. The van der Waals surface area contributed by atoms with Crippen LogP contribution in [0.15, 0.2) is 12.4 Å². The fourth-order valence-electron chi connectivity index (χ4n) is 3.50. The zero-order valence-corrected chi connectivity index (χ0v) is 11.0. The van der Waals surface area contributed by atoms with E-state index in [1.165, 1.54) is 32.1 Å². The van der Waals surface area contributed by atoms with E-state index in [2.05, 4.69) is 5.10 Å². The van der Waals surface area contributed by atoms with Crippen molar-refractivity contribution in [3.8, 4) is 0 Å². The Morgan fingerprint density at radius 3 is 2.78 bits per heavy atom. The average molecular weight is 247 g/mol. The van der Waals surface area contributed by atoms with Gasteiger partial charge in [0.2, 0.25) is 0 Å². The second-order valence-electron chi connectivity index (χ2n) is 5.75. The van der Waals surface area contributed by atoms with Crippen LogP contribution in [0.25, 0.3) is 0 Å². The van der Waals surface area contributed by atoms with Crippen molar-refractivity contribution in [2.45, 2.75) is 32.1 Å². The van der Waals surface area contributed by atoms with Crippen LogP contribution in [0.2, 0.25) is 0 Å². The van der Waals surface area contributed by atoms with E-state index in [1.54, 1.807) is 10.9 Å². The highest BCUT2D eigenvalue weighted by molar-refractivity contribution is 5.93. The number of likely N-dealkylation sites (tertiary alicyclic amines) is 1. The van der Waals surface area contributed by atoms with Gasteiger partial charge in [-0.25, -0.2) is 0 Å². The summed E-state index contributed by atoms with van der Waals surface area (Å²) in [5.41, 5.74) is 0.728. The molecule has 2 atom stereocenters. The maximum atomic E-state index is 12.4. The first-order chi connectivity index (χ1) is 8.74. The van der Waals surface area contributed by atoms with E-state index >= 15 is 0 Å². The summed E-state index contributed by atoms with van der Waals surface area (Å²) in [6, 6.07) is 0. The lowest BCUT2D eigenvalue weighted by Crippen LogP contribution is -2.44. The highest BCUT2D eigenvalue weighted by Gasteiger charge is 2.33. The Balaban J connectivity index is 1.68. The van der Waals surface area contributed by atoms with Gasteiger partial charge in [0.15, 0.2) is 0 Å². The molecule has 1 aromatic heterocycles. The Bertz CT molecular complexity index is 440. The molecule has 4 heteroatoms. The zero-order chi connectivity index (χ0) is 12.5. The first-order valence-corrected chi connectivity index (χ1v) is 7.02. The molecule has 0 aromatic carbocycles. The number of hydrogen-bond acceptors (Lipinski definition) is 2. The number of carbonyl (C=O) groups is 1. The van der Waals surface area contributed by atoms with E-state index in [4.69, 9.17) is 0 Å². The molecule has 0 unspecified atom stereocenters. The molecular formula is C14H21N3O. The molecule has 1 saturated carbocycles. The summed E-state index contributed by atoms with van der Waals surface area (Å²) in [5.74, 6) is 1.77. The number of aromatic nitrogens is 2. The monoisotopic (exact) mass is 247 g/mol. The van der Waals surface area contributed by atoms with Gasteiger partial charge in [-0.1, -0.05) is 19.3 Å². The molecule has 3 rings (SSSR count). The second kappa shape index (κ2) is 4.75. The van der Waals surface area contributed by atoms with Crippen LogP contribution in [0, 0.1) is 11.8 Å². The van der Waals surface area contributed by atoms with E-state index in [-0.39, 0.29) is 5.91 Å². The average Bonchev–Trinajstić information content (AvgIpc) is 2.84. The lowest BCUT2D eigenvalue weighted by atomic mass is 9.75. The van der Waals surface area contributed by atoms with Crippen LogP contribution in [0.5, 0.6) is 0 Å². The van der Waals surface area contributed by atoms with Crippen molar-refractivity contribution >= 4 is 5.91 Å². The molecule has 98 valence electrons. The van der Waals surface area contributed by atoms with Gasteiger partial charge >= 0.3 is 0 Å². The van der Waals surface area contributed by atoms with Gasteiger partial charge in [0.1, 0.15) is 0 Å². The summed E-state index contributed by atoms with van der Waals surface area (Å²) in [7, 11) is 1.85. The number of fused-ring (bicyclic) bond motifs is 1. The van der Waals surface area contributed by atoms with Crippen molar-refractivity contribution < 1.29 is 4.79 Å². The number of aryl methyl sites for hydroxylation is 1. The minimum absolute atomic E-state index is 0.159. The maximum Gasteiger partial charge on any atom is 0.257 e. The molecule has 0 spiro atoms. The Kier molecular flexibility index (Phi) is 3.10. The summed E-state index contributed by atoms with van der Waals surface area (Å²) in [4.78, 5) is 14.4. The lowest BCUT2D eigenvalue weighted by molar-refractivity contribution is 0.0521. The summed E-state index contributed by atoms with van der Waals surface area (Å²) in [5, 5.41) is 4.08. The Labute approximate surface area is 108 Å². The van der Waals surface area contributed by atoms with Crippen LogP contribution in [0.4, 0.5) is 0 Å². The van der Waals surface area contributed by atoms with Gasteiger partial charge in [0.25, 0.3) is 5.91 Å². The van der Waals surface area contributed by atoms with Gasteiger partial charge < -0.3 is 4.90 Å². The summed E-state index contributed by atoms with van der Waals surface area (Å²) in [6.07, 6.45) is 10.1. The Morgan fingerprint density at radius 1 is 1.28 bits per heavy atom. The van der Waals surface area contributed by atoms with Crippen LogP contribution in [-0.2, 0) is 7.05 Å². The summed E-state index contributed by atoms with van der Waals surface area (Å²) < 4.78 is 1.70. The van der Waals surface area contributed by atoms with Crippen molar-refractivity contribution in [3.63, 3.8) is 0 Å². The highest BCUT2D eigenvalue weighted by Crippen LogP contribution is 2.36. The predicted molar refractivity (Wildman–Crippen MR) is 69.2 cm³/mol. The van der Waals surface area contributed by atoms with E-state index in [0.717, 1.165) is 30.5 Å². The van der Waals surface area contributed by atoms with Gasteiger partial charge in [-0.15, -0.1) is 0 Å². The molecule has 0 bridgehead atoms. The third-order valence-corrected chi connectivity index (χ3v) is 4.53. The third kappa shape index (κ3) is 2.16. The zero-order valence-electron chi connectivity index (χ0n) is 11.0. The minimum atomic E-state index is 0.159. The number of amides is 1. The van der Waals surface area contributed by atoms with Gasteiger partial charge in [-0.2, -0.15) is 5.10 Å². The van der Waals surface area contributed by atoms with Gasteiger partial charge in [-0.05, 0) is 24.7 Å². The van der Waals surface area contributed by atoms with E-state index < -0.39 is 0 Å². The van der Waals surface area contributed by atoms with Crippen LogP contribution in [0.3, 0.4) is 0 Å². The number of piperidine rings is 1. The Hall–Kier alpha value is -1.32. The van der Waals surface area contributed by atoms with E-state index in [9.17, 15) is 4.79 Å². The van der Waals surface area contributed by atoms with Crippen molar-refractivity contribution in [1.29, 1.82) is 0 Å². The summed E-state index contributed by atoms with van der Waals surface area (Å²) >= 11 is 0.